The summed E-state index contributed by atoms with van der Waals surface area (Å²) in [5.74, 6) is -0.365. The van der Waals surface area contributed by atoms with Gasteiger partial charge in [-0.3, -0.25) is 14.6 Å². The zero-order chi connectivity index (χ0) is 25.2. The number of rotatable bonds is 11. The van der Waals surface area contributed by atoms with Gasteiger partial charge >= 0.3 is 11.9 Å². The van der Waals surface area contributed by atoms with Gasteiger partial charge < -0.3 is 20.3 Å². The van der Waals surface area contributed by atoms with Crippen LogP contribution in [0.5, 0.6) is 0 Å². The van der Waals surface area contributed by atoms with Gasteiger partial charge in [0.1, 0.15) is 6.61 Å². The van der Waals surface area contributed by atoms with Crippen molar-refractivity contribution >= 4 is 30.4 Å². The first-order chi connectivity index (χ1) is 15.4. The summed E-state index contributed by atoms with van der Waals surface area (Å²) < 4.78 is 9.95. The number of allylic oxidation sites excluding steroid dienone is 3. The van der Waals surface area contributed by atoms with Crippen LogP contribution in [0.2, 0.25) is 0 Å². The molecule has 1 rings (SSSR count). The van der Waals surface area contributed by atoms with Gasteiger partial charge in [-0.15, -0.1) is 11.8 Å². The van der Waals surface area contributed by atoms with Gasteiger partial charge in [-0.05, 0) is 68.0 Å². The van der Waals surface area contributed by atoms with Crippen LogP contribution >= 0.6 is 11.8 Å². The first-order valence-corrected chi connectivity index (χ1v) is 11.9. The van der Waals surface area contributed by atoms with Crippen LogP contribution in [0.4, 0.5) is 0 Å². The summed E-state index contributed by atoms with van der Waals surface area (Å²) in [6, 6.07) is 0. The van der Waals surface area contributed by atoms with Crippen LogP contribution in [0, 0.1) is 11.3 Å². The Morgan fingerprint density at radius 2 is 2.00 bits per heavy atom. The average Bonchev–Trinajstić information content (AvgIpc) is 2.74. The highest BCUT2D eigenvalue weighted by molar-refractivity contribution is 8.03. The van der Waals surface area contributed by atoms with Crippen molar-refractivity contribution in [2.24, 2.45) is 22.1 Å². The number of aliphatic imine (C=N–C) groups is 1. The molecule has 184 valence electrons. The van der Waals surface area contributed by atoms with Crippen LogP contribution in [0.25, 0.3) is 0 Å². The van der Waals surface area contributed by atoms with Gasteiger partial charge in [0, 0.05) is 29.5 Å². The van der Waals surface area contributed by atoms with Crippen molar-refractivity contribution in [1.82, 2.24) is 0 Å². The molecule has 0 aromatic rings. The van der Waals surface area contributed by atoms with Gasteiger partial charge in [0.25, 0.3) is 0 Å². The number of hydrogen-bond acceptors (Lipinski definition) is 8. The third-order valence-electron chi connectivity index (χ3n) is 6.04. The number of methoxy groups -OCH3 is 1. The Morgan fingerprint density at radius 3 is 2.55 bits per heavy atom. The fraction of sp³-hybridized carbons (Fsp3) is 0.560. The largest absolute Gasteiger partial charge is 0.469 e. The molecule has 1 fully saturated rings. The molecule has 1 saturated carbocycles. The fourth-order valence-corrected chi connectivity index (χ4v) is 5.19. The number of carbonyl (C=O) groups excluding carboxylic acids is 2. The van der Waals surface area contributed by atoms with Gasteiger partial charge in [-0.25, -0.2) is 0 Å². The van der Waals surface area contributed by atoms with E-state index in [2.05, 4.69) is 18.3 Å². The molecule has 0 heterocycles. The van der Waals surface area contributed by atoms with Crippen molar-refractivity contribution in [3.8, 4) is 0 Å². The van der Waals surface area contributed by atoms with Crippen LogP contribution in [-0.4, -0.2) is 48.8 Å². The molecule has 0 radical (unpaired) electrons. The van der Waals surface area contributed by atoms with Gasteiger partial charge in [0.05, 0.1) is 18.6 Å². The quantitative estimate of drug-likeness (QED) is 0.259. The molecular formula is C25H38N2O5S. The van der Waals surface area contributed by atoms with E-state index in [4.69, 9.17) is 15.2 Å². The van der Waals surface area contributed by atoms with Crippen molar-refractivity contribution < 1.29 is 24.2 Å². The summed E-state index contributed by atoms with van der Waals surface area (Å²) in [7, 11) is 1.41. The standard InChI is InChI=1S/C25H38N2O5S/c1-8-24(5)15-25(30,10-9-21(24)23(29)31-7)16-33-22(13-27-6)18(3)12-20(26)11-17(2)14-32-19(4)28/h11-13,21,30H,3,6,8-10,14-16,26H2,1-2,4-5,7H3/b17-11+,20-12+,22-13-/t21-,24?,25-/m1/s1. The molecular weight excluding hydrogens is 440 g/mol. The monoisotopic (exact) mass is 478 g/mol. The predicted molar refractivity (Wildman–Crippen MR) is 135 cm³/mol. The summed E-state index contributed by atoms with van der Waals surface area (Å²) in [5, 5.41) is 11.3. The number of carbonyl (C=O) groups is 2. The lowest BCUT2D eigenvalue weighted by Crippen LogP contribution is -2.49. The molecule has 0 amide bonds. The summed E-state index contributed by atoms with van der Waals surface area (Å²) in [6.07, 6.45) is 7.36. The highest BCUT2D eigenvalue weighted by Gasteiger charge is 2.49. The lowest BCUT2D eigenvalue weighted by molar-refractivity contribution is -0.157. The molecule has 0 bridgehead atoms. The second-order valence-electron chi connectivity index (χ2n) is 8.93. The normalized spacial score (nSPS) is 26.5. The smallest absolute Gasteiger partial charge is 0.309 e. The maximum Gasteiger partial charge on any atom is 0.309 e. The van der Waals surface area contributed by atoms with Gasteiger partial charge in [0.2, 0.25) is 0 Å². The number of esters is 2. The highest BCUT2D eigenvalue weighted by atomic mass is 32.2. The van der Waals surface area contributed by atoms with E-state index in [0.717, 1.165) is 16.9 Å². The summed E-state index contributed by atoms with van der Waals surface area (Å²) in [5.41, 5.74) is 6.70. The SMILES string of the molecule is C=N/C=C(\SC[C@@]1(O)CC[C@H](C(=O)OC)C(C)(CC)C1)C(=C)/C=C(N)\C=C(/C)COC(C)=O. The van der Waals surface area contributed by atoms with Crippen molar-refractivity contribution in [2.75, 3.05) is 19.5 Å². The van der Waals surface area contributed by atoms with E-state index in [1.807, 2.05) is 20.8 Å². The maximum atomic E-state index is 12.2. The van der Waals surface area contributed by atoms with Crippen LogP contribution < -0.4 is 5.73 Å². The zero-order valence-electron chi connectivity index (χ0n) is 20.5. The lowest BCUT2D eigenvalue weighted by Gasteiger charge is -2.47. The molecule has 1 unspecified atom stereocenters. The summed E-state index contributed by atoms with van der Waals surface area (Å²) in [6.45, 7) is 15.0. The topological polar surface area (TPSA) is 111 Å². The summed E-state index contributed by atoms with van der Waals surface area (Å²) >= 11 is 1.43. The van der Waals surface area contributed by atoms with Gasteiger partial charge in [-0.1, -0.05) is 20.4 Å². The molecule has 0 aromatic carbocycles. The third kappa shape index (κ3) is 8.85. The summed E-state index contributed by atoms with van der Waals surface area (Å²) in [4.78, 5) is 27.8. The van der Waals surface area contributed by atoms with Crippen LogP contribution in [-0.2, 0) is 19.1 Å². The Morgan fingerprint density at radius 1 is 1.33 bits per heavy atom. The molecule has 0 spiro atoms. The Labute approximate surface area is 201 Å². The number of nitrogens with two attached hydrogens (primary N) is 1. The van der Waals surface area contributed by atoms with Crippen LogP contribution in [0.1, 0.15) is 53.4 Å². The number of thioether (sulfide) groups is 1. The second-order valence-corrected chi connectivity index (χ2v) is 9.95. The van der Waals surface area contributed by atoms with Gasteiger partial charge in [-0.2, -0.15) is 0 Å². The molecule has 0 aliphatic heterocycles. The second kappa shape index (κ2) is 12.8. The molecule has 3 atom stereocenters. The van der Waals surface area contributed by atoms with E-state index in [1.54, 1.807) is 18.4 Å². The van der Waals surface area contributed by atoms with E-state index in [0.29, 0.717) is 36.3 Å². The average molecular weight is 479 g/mol. The lowest BCUT2D eigenvalue weighted by atomic mass is 9.61. The molecule has 7 nitrogen and oxygen atoms in total. The van der Waals surface area contributed by atoms with Gasteiger partial charge in [0.15, 0.2) is 0 Å². The maximum absolute atomic E-state index is 12.2. The van der Waals surface area contributed by atoms with Crippen LogP contribution in [0.3, 0.4) is 0 Å². The highest BCUT2D eigenvalue weighted by Crippen LogP contribution is 2.49. The fourth-order valence-electron chi connectivity index (χ4n) is 4.13. The molecule has 1 aliphatic rings. The first-order valence-electron chi connectivity index (χ1n) is 11.0. The molecule has 3 N–H and O–H groups in total. The van der Waals surface area contributed by atoms with Crippen molar-refractivity contribution in [1.29, 1.82) is 0 Å². The van der Waals surface area contributed by atoms with E-state index in [9.17, 15) is 14.7 Å². The van der Waals surface area contributed by atoms with E-state index < -0.39 is 5.60 Å². The Bertz CT molecular complexity index is 848. The number of ether oxygens (including phenoxy) is 2. The molecule has 0 aromatic heterocycles. The molecule has 33 heavy (non-hydrogen) atoms. The predicted octanol–water partition coefficient (Wildman–Crippen LogP) is 4.29. The number of hydrogen-bond donors (Lipinski definition) is 2. The van der Waals surface area contributed by atoms with Crippen LogP contribution in [0.15, 0.2) is 51.7 Å². The Hall–Kier alpha value is -2.32. The minimum atomic E-state index is -0.934. The minimum absolute atomic E-state index is 0.164. The Kier molecular flexibility index (Phi) is 11.1. The molecule has 1 aliphatic carbocycles. The molecule has 0 saturated heterocycles. The Balaban J connectivity index is 2.91. The van der Waals surface area contributed by atoms with Crippen molar-refractivity contribution in [2.45, 2.75) is 59.0 Å². The minimum Gasteiger partial charge on any atom is -0.469 e. The number of aliphatic hydroxyl groups is 1. The first kappa shape index (κ1) is 28.7. The van der Waals surface area contributed by atoms with Crippen molar-refractivity contribution in [3.05, 3.63) is 46.7 Å². The van der Waals surface area contributed by atoms with Crippen molar-refractivity contribution in [3.63, 3.8) is 0 Å². The van der Waals surface area contributed by atoms with E-state index >= 15 is 0 Å². The number of nitrogens with zero attached hydrogens (tertiary/aromatic N) is 1. The third-order valence-corrected chi connectivity index (χ3v) is 7.40. The molecule has 8 heteroatoms. The van der Waals surface area contributed by atoms with E-state index in [-0.39, 0.29) is 29.9 Å². The zero-order valence-corrected chi connectivity index (χ0v) is 21.3. The van der Waals surface area contributed by atoms with E-state index in [1.165, 1.54) is 25.8 Å².